The Morgan fingerprint density at radius 1 is 1.33 bits per heavy atom. The minimum Gasteiger partial charge on any atom is -0.468 e. The van der Waals surface area contributed by atoms with E-state index < -0.39 is 0 Å². The highest BCUT2D eigenvalue weighted by Gasteiger charge is 2.03. The number of carbonyl (C=O) groups excluding carboxylic acids is 1. The Labute approximate surface area is 97.5 Å². The molecule has 0 saturated heterocycles. The van der Waals surface area contributed by atoms with Crippen LogP contribution in [0.25, 0.3) is 0 Å². The Bertz CT molecular complexity index is 308. The molecular weight excluding hydrogens is 260 g/mol. The third-order valence-electron chi connectivity index (χ3n) is 1.81. The molecule has 0 unspecified atom stereocenters. The zero-order chi connectivity index (χ0) is 11.1. The van der Waals surface area contributed by atoms with Crippen molar-refractivity contribution in [3.63, 3.8) is 0 Å². The molecular formula is C11H13BrO3. The average molecular weight is 273 g/mol. The molecule has 0 N–H and O–H groups in total. The summed E-state index contributed by atoms with van der Waals surface area (Å²) >= 11 is 3.12. The standard InChI is InChI=1S/C11H13BrO3/c1-2-14-8-15-10-5-3-9(4-6-10)11(13)7-12/h3-6H,2,7-8H2,1H3. The molecule has 0 fully saturated rings. The van der Waals surface area contributed by atoms with Gasteiger partial charge in [0.15, 0.2) is 12.6 Å². The van der Waals surface area contributed by atoms with Gasteiger partial charge in [-0.1, -0.05) is 15.9 Å². The highest BCUT2D eigenvalue weighted by atomic mass is 79.9. The van der Waals surface area contributed by atoms with Crippen LogP contribution in [-0.2, 0) is 4.74 Å². The third-order valence-corrected chi connectivity index (χ3v) is 2.32. The SMILES string of the molecule is CCOCOc1ccc(C(=O)CBr)cc1. The van der Waals surface area contributed by atoms with Crippen molar-refractivity contribution < 1.29 is 14.3 Å². The van der Waals surface area contributed by atoms with Crippen LogP contribution in [0.3, 0.4) is 0 Å². The summed E-state index contributed by atoms with van der Waals surface area (Å²) in [5, 5.41) is 0.339. The summed E-state index contributed by atoms with van der Waals surface area (Å²) in [7, 11) is 0. The van der Waals surface area contributed by atoms with E-state index in [0.29, 0.717) is 23.2 Å². The van der Waals surface area contributed by atoms with Crippen LogP contribution in [-0.4, -0.2) is 24.5 Å². The first kappa shape index (κ1) is 12.2. The predicted molar refractivity (Wildman–Crippen MR) is 61.7 cm³/mol. The first-order valence-corrected chi connectivity index (χ1v) is 5.80. The minimum absolute atomic E-state index is 0.0614. The molecule has 1 rings (SSSR count). The van der Waals surface area contributed by atoms with E-state index in [1.54, 1.807) is 24.3 Å². The van der Waals surface area contributed by atoms with E-state index in [2.05, 4.69) is 15.9 Å². The van der Waals surface area contributed by atoms with E-state index in [0.717, 1.165) is 0 Å². The molecule has 0 aliphatic heterocycles. The van der Waals surface area contributed by atoms with Crippen molar-refractivity contribution >= 4 is 21.7 Å². The van der Waals surface area contributed by atoms with Crippen LogP contribution < -0.4 is 4.74 Å². The van der Waals surface area contributed by atoms with Gasteiger partial charge in [-0.25, -0.2) is 0 Å². The predicted octanol–water partition coefficient (Wildman–Crippen LogP) is 2.64. The number of benzene rings is 1. The number of carbonyl (C=O) groups is 1. The number of ether oxygens (including phenoxy) is 2. The first-order chi connectivity index (χ1) is 7.27. The largest absolute Gasteiger partial charge is 0.468 e. The molecule has 3 nitrogen and oxygen atoms in total. The van der Waals surface area contributed by atoms with E-state index in [1.807, 2.05) is 6.92 Å². The summed E-state index contributed by atoms with van der Waals surface area (Å²) in [5.41, 5.74) is 0.677. The Morgan fingerprint density at radius 3 is 2.53 bits per heavy atom. The van der Waals surface area contributed by atoms with Crippen molar-refractivity contribution in [3.8, 4) is 5.75 Å². The van der Waals surface area contributed by atoms with Crippen LogP contribution in [0.5, 0.6) is 5.75 Å². The molecule has 1 aromatic rings. The zero-order valence-corrected chi connectivity index (χ0v) is 10.1. The molecule has 0 heterocycles. The van der Waals surface area contributed by atoms with Crippen molar-refractivity contribution in [2.45, 2.75) is 6.92 Å². The lowest BCUT2D eigenvalue weighted by molar-refractivity contribution is 0.0224. The minimum atomic E-state index is 0.0614. The molecule has 0 spiro atoms. The number of hydrogen-bond acceptors (Lipinski definition) is 3. The Kier molecular flexibility index (Phi) is 5.36. The maximum atomic E-state index is 11.3. The van der Waals surface area contributed by atoms with Gasteiger partial charge in [-0.05, 0) is 31.2 Å². The zero-order valence-electron chi connectivity index (χ0n) is 8.53. The number of hydrogen-bond donors (Lipinski definition) is 0. The second kappa shape index (κ2) is 6.58. The van der Waals surface area contributed by atoms with E-state index in [1.165, 1.54) is 0 Å². The molecule has 0 aromatic heterocycles. The molecule has 15 heavy (non-hydrogen) atoms. The molecule has 0 aliphatic rings. The van der Waals surface area contributed by atoms with Gasteiger partial charge in [0, 0.05) is 12.2 Å². The first-order valence-electron chi connectivity index (χ1n) is 4.67. The average Bonchev–Trinajstić information content (AvgIpc) is 2.29. The van der Waals surface area contributed by atoms with E-state index in [-0.39, 0.29) is 12.6 Å². The molecule has 0 aliphatic carbocycles. The van der Waals surface area contributed by atoms with Gasteiger partial charge in [0.2, 0.25) is 0 Å². The van der Waals surface area contributed by atoms with Gasteiger partial charge in [0.25, 0.3) is 0 Å². The lowest BCUT2D eigenvalue weighted by Crippen LogP contribution is -2.03. The van der Waals surface area contributed by atoms with Crippen LogP contribution in [0.4, 0.5) is 0 Å². The lowest BCUT2D eigenvalue weighted by Gasteiger charge is -2.05. The molecule has 1 aromatic carbocycles. The maximum absolute atomic E-state index is 11.3. The van der Waals surface area contributed by atoms with Gasteiger partial charge < -0.3 is 9.47 Å². The van der Waals surface area contributed by atoms with Crippen molar-refractivity contribution in [1.82, 2.24) is 0 Å². The summed E-state index contributed by atoms with van der Waals surface area (Å²) in [6.07, 6.45) is 0. The molecule has 82 valence electrons. The van der Waals surface area contributed by atoms with Crippen molar-refractivity contribution in [3.05, 3.63) is 29.8 Å². The van der Waals surface area contributed by atoms with Crippen molar-refractivity contribution in [2.75, 3.05) is 18.7 Å². The van der Waals surface area contributed by atoms with Crippen molar-refractivity contribution in [2.24, 2.45) is 0 Å². The number of ketones is 1. The highest BCUT2D eigenvalue weighted by Crippen LogP contribution is 2.13. The van der Waals surface area contributed by atoms with Gasteiger partial charge in [-0.15, -0.1) is 0 Å². The second-order valence-electron chi connectivity index (χ2n) is 2.84. The number of alkyl halides is 1. The van der Waals surface area contributed by atoms with Crippen molar-refractivity contribution in [1.29, 1.82) is 0 Å². The van der Waals surface area contributed by atoms with Crippen LogP contribution in [0.15, 0.2) is 24.3 Å². The fourth-order valence-electron chi connectivity index (χ4n) is 1.01. The highest BCUT2D eigenvalue weighted by molar-refractivity contribution is 9.09. The summed E-state index contributed by atoms with van der Waals surface area (Å²) in [4.78, 5) is 11.3. The van der Waals surface area contributed by atoms with E-state index in [4.69, 9.17) is 9.47 Å². The van der Waals surface area contributed by atoms with Crippen LogP contribution in [0.1, 0.15) is 17.3 Å². The molecule has 0 saturated carbocycles. The monoisotopic (exact) mass is 272 g/mol. The second-order valence-corrected chi connectivity index (χ2v) is 3.40. The molecule has 4 heteroatoms. The van der Waals surface area contributed by atoms with E-state index in [9.17, 15) is 4.79 Å². The molecule has 0 atom stereocenters. The fourth-order valence-corrected chi connectivity index (χ4v) is 1.33. The van der Waals surface area contributed by atoms with Gasteiger partial charge >= 0.3 is 0 Å². The summed E-state index contributed by atoms with van der Waals surface area (Å²) in [5.74, 6) is 0.765. The molecule has 0 amide bonds. The van der Waals surface area contributed by atoms with Crippen LogP contribution in [0.2, 0.25) is 0 Å². The topological polar surface area (TPSA) is 35.5 Å². The Morgan fingerprint density at radius 2 is 2.00 bits per heavy atom. The van der Waals surface area contributed by atoms with Gasteiger partial charge in [-0.2, -0.15) is 0 Å². The maximum Gasteiger partial charge on any atom is 0.189 e. The normalized spacial score (nSPS) is 10.0. The number of rotatable bonds is 6. The third kappa shape index (κ3) is 4.01. The summed E-state index contributed by atoms with van der Waals surface area (Å²) < 4.78 is 10.3. The van der Waals surface area contributed by atoms with Crippen LogP contribution >= 0.6 is 15.9 Å². The Balaban J connectivity index is 2.52. The summed E-state index contributed by atoms with van der Waals surface area (Å²) in [6.45, 7) is 2.77. The smallest absolute Gasteiger partial charge is 0.189 e. The quantitative estimate of drug-likeness (QED) is 0.346. The van der Waals surface area contributed by atoms with Gasteiger partial charge in [-0.3, -0.25) is 4.79 Å². The Hall–Kier alpha value is -0.870. The van der Waals surface area contributed by atoms with E-state index >= 15 is 0 Å². The lowest BCUT2D eigenvalue weighted by atomic mass is 10.1. The van der Waals surface area contributed by atoms with Gasteiger partial charge in [0.05, 0.1) is 5.33 Å². The van der Waals surface area contributed by atoms with Gasteiger partial charge in [0.1, 0.15) is 5.75 Å². The fraction of sp³-hybridized carbons (Fsp3) is 0.364. The summed E-state index contributed by atoms with van der Waals surface area (Å²) in [6, 6.07) is 7.00. The molecule has 0 bridgehead atoms. The van der Waals surface area contributed by atoms with Crippen LogP contribution in [0, 0.1) is 0 Å². The number of halogens is 1. The molecule has 0 radical (unpaired) electrons. The number of Topliss-reactive ketones (excluding diaryl/α,β-unsaturated/α-hetero) is 1.